The van der Waals surface area contributed by atoms with Crippen molar-refractivity contribution in [2.75, 3.05) is 58.7 Å². The van der Waals surface area contributed by atoms with Crippen molar-refractivity contribution in [2.24, 2.45) is 5.92 Å². The number of anilines is 1. The normalized spacial score (nSPS) is 24.2. The van der Waals surface area contributed by atoms with Gasteiger partial charge >= 0.3 is 0 Å². The lowest BCUT2D eigenvalue weighted by Gasteiger charge is -2.45. The van der Waals surface area contributed by atoms with Crippen molar-refractivity contribution in [2.45, 2.75) is 63.5 Å². The second kappa shape index (κ2) is 10.4. The zero-order valence-electron chi connectivity index (χ0n) is 20.3. The third-order valence-electron chi connectivity index (χ3n) is 8.21. The first-order chi connectivity index (χ1) is 15.5. The lowest BCUT2D eigenvalue weighted by molar-refractivity contribution is -0.139. The van der Waals surface area contributed by atoms with Gasteiger partial charge in [0.25, 0.3) is 0 Å². The van der Waals surface area contributed by atoms with Crippen molar-refractivity contribution >= 4 is 11.6 Å². The van der Waals surface area contributed by atoms with Gasteiger partial charge in [-0.05, 0) is 69.8 Å². The van der Waals surface area contributed by atoms with Crippen LogP contribution in [-0.2, 0) is 4.79 Å². The minimum Gasteiger partial charge on any atom is -0.497 e. The maximum Gasteiger partial charge on any atom is 0.248 e. The van der Waals surface area contributed by atoms with E-state index in [0.29, 0.717) is 17.9 Å². The molecular weight excluding hydrogens is 400 g/mol. The summed E-state index contributed by atoms with van der Waals surface area (Å²) in [6.45, 7) is 8.88. The van der Waals surface area contributed by atoms with Gasteiger partial charge in [0.15, 0.2) is 0 Å². The molecule has 2 saturated heterocycles. The average molecular weight is 443 g/mol. The van der Waals surface area contributed by atoms with Gasteiger partial charge in [0, 0.05) is 51.0 Å². The SMILES string of the molecule is COc1ccc(NC2(C(=O)N3CCC(C(C)N4CCN(C)CC4)CC3)CCCCC2)cc1. The quantitative estimate of drug-likeness (QED) is 0.728. The van der Waals surface area contributed by atoms with Crippen LogP contribution in [0.25, 0.3) is 0 Å². The fraction of sp³-hybridized carbons (Fsp3) is 0.731. The van der Waals surface area contributed by atoms with E-state index in [1.54, 1.807) is 7.11 Å². The Labute approximate surface area is 194 Å². The fourth-order valence-electron chi connectivity index (χ4n) is 5.91. The smallest absolute Gasteiger partial charge is 0.248 e. The highest BCUT2D eigenvalue weighted by molar-refractivity contribution is 5.89. The molecular formula is C26H42N4O2. The maximum absolute atomic E-state index is 13.8. The molecule has 1 aromatic carbocycles. The van der Waals surface area contributed by atoms with Crippen LogP contribution in [0.4, 0.5) is 5.69 Å². The van der Waals surface area contributed by atoms with Crippen LogP contribution < -0.4 is 10.1 Å². The van der Waals surface area contributed by atoms with Gasteiger partial charge in [-0.1, -0.05) is 19.3 Å². The van der Waals surface area contributed by atoms with Gasteiger partial charge in [-0.3, -0.25) is 9.69 Å². The first-order valence-electron chi connectivity index (χ1n) is 12.6. The highest BCUT2D eigenvalue weighted by Crippen LogP contribution is 2.35. The number of benzene rings is 1. The summed E-state index contributed by atoms with van der Waals surface area (Å²) in [5, 5.41) is 3.67. The second-order valence-corrected chi connectivity index (χ2v) is 10.2. The van der Waals surface area contributed by atoms with Crippen molar-refractivity contribution in [3.63, 3.8) is 0 Å². The minimum atomic E-state index is -0.456. The molecule has 1 N–H and O–H groups in total. The molecule has 3 fully saturated rings. The third-order valence-corrected chi connectivity index (χ3v) is 8.21. The van der Waals surface area contributed by atoms with Crippen LogP contribution in [0, 0.1) is 5.92 Å². The predicted molar refractivity (Wildman–Crippen MR) is 130 cm³/mol. The number of hydrogen-bond donors (Lipinski definition) is 1. The number of likely N-dealkylation sites (tertiary alicyclic amines) is 1. The summed E-state index contributed by atoms with van der Waals surface area (Å²) in [5.74, 6) is 1.86. The van der Waals surface area contributed by atoms with E-state index in [9.17, 15) is 4.79 Å². The van der Waals surface area contributed by atoms with Crippen molar-refractivity contribution < 1.29 is 9.53 Å². The highest BCUT2D eigenvalue weighted by atomic mass is 16.5. The number of piperidine rings is 1. The summed E-state index contributed by atoms with van der Waals surface area (Å²) in [7, 11) is 3.90. The fourth-order valence-corrected chi connectivity index (χ4v) is 5.91. The van der Waals surface area contributed by atoms with Crippen molar-refractivity contribution in [1.29, 1.82) is 0 Å². The van der Waals surface area contributed by atoms with E-state index in [1.165, 1.54) is 32.6 Å². The van der Waals surface area contributed by atoms with E-state index >= 15 is 0 Å². The number of carbonyl (C=O) groups excluding carboxylic acids is 1. The zero-order chi connectivity index (χ0) is 22.6. The van der Waals surface area contributed by atoms with Gasteiger partial charge in [-0.25, -0.2) is 0 Å². The Morgan fingerprint density at radius 3 is 2.22 bits per heavy atom. The summed E-state index contributed by atoms with van der Waals surface area (Å²) >= 11 is 0. The summed E-state index contributed by atoms with van der Waals surface area (Å²) in [6.07, 6.45) is 7.56. The van der Waals surface area contributed by atoms with Gasteiger partial charge in [0.05, 0.1) is 7.11 Å². The van der Waals surface area contributed by atoms with Gasteiger partial charge < -0.3 is 19.9 Å². The molecule has 0 radical (unpaired) electrons. The predicted octanol–water partition coefficient (Wildman–Crippen LogP) is 3.68. The lowest BCUT2D eigenvalue weighted by Crippen LogP contribution is -2.57. The third kappa shape index (κ3) is 5.23. The molecule has 1 amide bonds. The first-order valence-corrected chi connectivity index (χ1v) is 12.6. The number of amides is 1. The summed E-state index contributed by atoms with van der Waals surface area (Å²) in [6, 6.07) is 8.61. The number of ether oxygens (including phenoxy) is 1. The van der Waals surface area contributed by atoms with Crippen LogP contribution >= 0.6 is 0 Å². The Kier molecular flexibility index (Phi) is 7.62. The Morgan fingerprint density at radius 1 is 1.00 bits per heavy atom. The molecule has 0 bridgehead atoms. The molecule has 1 atom stereocenters. The maximum atomic E-state index is 13.8. The average Bonchev–Trinajstić information content (AvgIpc) is 2.85. The molecule has 32 heavy (non-hydrogen) atoms. The molecule has 1 aliphatic carbocycles. The summed E-state index contributed by atoms with van der Waals surface area (Å²) in [5.41, 5.74) is 0.558. The molecule has 4 rings (SSSR count). The minimum absolute atomic E-state index is 0.318. The first kappa shape index (κ1) is 23.4. The summed E-state index contributed by atoms with van der Waals surface area (Å²) < 4.78 is 5.30. The molecule has 2 heterocycles. The standard InChI is InChI=1S/C26H42N4O2/c1-21(29-19-17-28(2)18-20-29)22-11-15-30(16-12-22)25(31)26(13-5-4-6-14-26)27-23-7-9-24(32-3)10-8-23/h7-10,21-22,27H,4-6,11-20H2,1-3H3. The van der Waals surface area contributed by atoms with Crippen LogP contribution in [0.3, 0.4) is 0 Å². The van der Waals surface area contributed by atoms with Crippen molar-refractivity contribution in [1.82, 2.24) is 14.7 Å². The van der Waals surface area contributed by atoms with E-state index in [1.807, 2.05) is 24.3 Å². The number of carbonyl (C=O) groups is 1. The van der Waals surface area contributed by atoms with Gasteiger partial charge in [-0.15, -0.1) is 0 Å². The molecule has 2 aliphatic heterocycles. The van der Waals surface area contributed by atoms with Gasteiger partial charge in [-0.2, -0.15) is 0 Å². The van der Waals surface area contributed by atoms with Crippen LogP contribution in [0.15, 0.2) is 24.3 Å². The van der Waals surface area contributed by atoms with E-state index in [0.717, 1.165) is 63.1 Å². The molecule has 1 saturated carbocycles. The number of hydrogen-bond acceptors (Lipinski definition) is 5. The monoisotopic (exact) mass is 442 g/mol. The molecule has 0 spiro atoms. The van der Waals surface area contributed by atoms with Crippen LogP contribution in [0.5, 0.6) is 5.75 Å². The summed E-state index contributed by atoms with van der Waals surface area (Å²) in [4.78, 5) is 21.1. The highest BCUT2D eigenvalue weighted by Gasteiger charge is 2.43. The van der Waals surface area contributed by atoms with E-state index in [4.69, 9.17) is 4.74 Å². The number of methoxy groups -OCH3 is 1. The largest absolute Gasteiger partial charge is 0.497 e. The topological polar surface area (TPSA) is 48.1 Å². The Balaban J connectivity index is 1.38. The molecule has 1 unspecified atom stereocenters. The van der Waals surface area contributed by atoms with Crippen molar-refractivity contribution in [3.8, 4) is 5.75 Å². The van der Waals surface area contributed by atoms with Crippen LogP contribution in [0.2, 0.25) is 0 Å². The Bertz CT molecular complexity index is 731. The number of rotatable bonds is 6. The molecule has 178 valence electrons. The molecule has 1 aromatic rings. The second-order valence-electron chi connectivity index (χ2n) is 10.2. The number of piperazine rings is 1. The van der Waals surface area contributed by atoms with Crippen LogP contribution in [0.1, 0.15) is 51.9 Å². The lowest BCUT2D eigenvalue weighted by atomic mass is 9.79. The molecule has 0 aromatic heterocycles. The van der Waals surface area contributed by atoms with E-state index < -0.39 is 5.54 Å². The van der Waals surface area contributed by atoms with E-state index in [2.05, 4.69) is 34.0 Å². The van der Waals surface area contributed by atoms with Crippen molar-refractivity contribution in [3.05, 3.63) is 24.3 Å². The Morgan fingerprint density at radius 2 is 1.62 bits per heavy atom. The molecule has 6 heteroatoms. The van der Waals surface area contributed by atoms with Crippen LogP contribution in [-0.4, -0.2) is 85.6 Å². The Hall–Kier alpha value is -1.79. The molecule has 3 aliphatic rings. The van der Waals surface area contributed by atoms with Gasteiger partial charge in [0.2, 0.25) is 5.91 Å². The van der Waals surface area contributed by atoms with Gasteiger partial charge in [0.1, 0.15) is 11.3 Å². The zero-order valence-corrected chi connectivity index (χ0v) is 20.3. The molecule has 6 nitrogen and oxygen atoms in total. The number of likely N-dealkylation sites (N-methyl/N-ethyl adjacent to an activating group) is 1. The number of nitrogens with zero attached hydrogens (tertiary/aromatic N) is 3. The van der Waals surface area contributed by atoms with E-state index in [-0.39, 0.29) is 0 Å². The number of nitrogens with one attached hydrogen (secondary N) is 1.